The highest BCUT2D eigenvalue weighted by molar-refractivity contribution is 5.86. The summed E-state index contributed by atoms with van der Waals surface area (Å²) in [5.74, 6) is -1.35. The highest BCUT2D eigenvalue weighted by atomic mass is 16.6. The van der Waals surface area contributed by atoms with E-state index >= 15 is 0 Å². The molecule has 8 heteroatoms. The van der Waals surface area contributed by atoms with Crippen molar-refractivity contribution >= 4 is 18.0 Å². The molecule has 1 rings (SSSR count). The van der Waals surface area contributed by atoms with Crippen molar-refractivity contribution in [3.63, 3.8) is 0 Å². The van der Waals surface area contributed by atoms with E-state index in [2.05, 4.69) is 5.32 Å². The van der Waals surface area contributed by atoms with Gasteiger partial charge < -0.3 is 24.4 Å². The standard InChI is InChI=1S/C19H34N2O6.C2H6/c1-8-13(17(23)26-7)20-16(22)12(2)15(25-6)14-10-9-11-21(14)18(24)27-19(3,4)5;1-2/h12-15H,8-11H2,1-7H3,(H,20,22);1-2H3/t12?,13-,14?,15?;/m0./s1. The van der Waals surface area contributed by atoms with Gasteiger partial charge in [-0.1, -0.05) is 27.7 Å². The first kappa shape index (κ1) is 27.2. The van der Waals surface area contributed by atoms with Crippen LogP contribution in [0.1, 0.15) is 67.7 Å². The Kier molecular flexibility index (Phi) is 11.9. The predicted octanol–water partition coefficient (Wildman–Crippen LogP) is 3.13. The SMILES string of the molecule is CC.CC[C@H](NC(=O)C(C)C(OC)C1CCCN1C(=O)OC(C)(C)C)C(=O)OC. The highest BCUT2D eigenvalue weighted by Crippen LogP contribution is 2.28. The number of ether oxygens (including phenoxy) is 3. The Bertz CT molecular complexity index is 532. The number of likely N-dealkylation sites (tertiary alicyclic amines) is 1. The van der Waals surface area contributed by atoms with E-state index in [1.54, 1.807) is 18.7 Å². The minimum Gasteiger partial charge on any atom is -0.467 e. The third kappa shape index (κ3) is 8.20. The molecule has 170 valence electrons. The monoisotopic (exact) mass is 416 g/mol. The molecule has 0 saturated carbocycles. The molecule has 0 spiro atoms. The van der Waals surface area contributed by atoms with Crippen molar-refractivity contribution in [3.05, 3.63) is 0 Å². The zero-order valence-corrected chi connectivity index (χ0v) is 19.5. The van der Waals surface area contributed by atoms with E-state index < -0.39 is 35.7 Å². The smallest absolute Gasteiger partial charge is 0.410 e. The molecular weight excluding hydrogens is 376 g/mol. The minimum atomic E-state index is -0.701. The van der Waals surface area contributed by atoms with Crippen LogP contribution >= 0.6 is 0 Å². The summed E-state index contributed by atoms with van der Waals surface area (Å²) in [5.41, 5.74) is -0.593. The number of hydrogen-bond acceptors (Lipinski definition) is 6. The number of hydrogen-bond donors (Lipinski definition) is 1. The molecule has 1 heterocycles. The Morgan fingerprint density at radius 1 is 1.17 bits per heavy atom. The van der Waals surface area contributed by atoms with Gasteiger partial charge in [0.25, 0.3) is 0 Å². The third-order valence-electron chi connectivity index (χ3n) is 4.70. The maximum atomic E-state index is 12.7. The van der Waals surface area contributed by atoms with E-state index in [4.69, 9.17) is 14.2 Å². The van der Waals surface area contributed by atoms with E-state index in [-0.39, 0.29) is 11.9 Å². The van der Waals surface area contributed by atoms with Crippen molar-refractivity contribution in [2.75, 3.05) is 20.8 Å². The molecule has 1 aliphatic heterocycles. The van der Waals surface area contributed by atoms with Gasteiger partial charge in [0.2, 0.25) is 5.91 Å². The van der Waals surface area contributed by atoms with Crippen LogP contribution in [0.15, 0.2) is 0 Å². The first-order valence-electron chi connectivity index (χ1n) is 10.5. The number of carbonyl (C=O) groups excluding carboxylic acids is 3. The van der Waals surface area contributed by atoms with E-state index in [1.807, 2.05) is 34.6 Å². The molecule has 1 saturated heterocycles. The van der Waals surface area contributed by atoms with Gasteiger partial charge in [0, 0.05) is 13.7 Å². The van der Waals surface area contributed by atoms with Crippen molar-refractivity contribution in [3.8, 4) is 0 Å². The van der Waals surface area contributed by atoms with Crippen LogP contribution in [0.4, 0.5) is 4.79 Å². The van der Waals surface area contributed by atoms with Gasteiger partial charge >= 0.3 is 12.1 Å². The fourth-order valence-electron chi connectivity index (χ4n) is 3.30. The lowest BCUT2D eigenvalue weighted by Crippen LogP contribution is -2.52. The molecule has 1 fully saturated rings. The first-order valence-corrected chi connectivity index (χ1v) is 10.5. The third-order valence-corrected chi connectivity index (χ3v) is 4.70. The second kappa shape index (κ2) is 12.7. The number of rotatable bonds is 7. The van der Waals surface area contributed by atoms with E-state index in [0.717, 1.165) is 12.8 Å². The Hall–Kier alpha value is -1.83. The molecular formula is C21H40N2O6. The van der Waals surface area contributed by atoms with Gasteiger partial charge in [-0.15, -0.1) is 0 Å². The molecule has 1 aliphatic rings. The predicted molar refractivity (Wildman–Crippen MR) is 112 cm³/mol. The molecule has 29 heavy (non-hydrogen) atoms. The summed E-state index contributed by atoms with van der Waals surface area (Å²) >= 11 is 0. The largest absolute Gasteiger partial charge is 0.467 e. The van der Waals surface area contributed by atoms with Crippen LogP contribution in [-0.2, 0) is 23.8 Å². The number of methoxy groups -OCH3 is 2. The van der Waals surface area contributed by atoms with E-state index in [0.29, 0.717) is 13.0 Å². The molecule has 4 atom stereocenters. The van der Waals surface area contributed by atoms with Gasteiger partial charge in [0.15, 0.2) is 0 Å². The number of nitrogens with zero attached hydrogens (tertiary/aromatic N) is 1. The Labute approximate surface area is 175 Å². The quantitative estimate of drug-likeness (QED) is 0.641. The van der Waals surface area contributed by atoms with Gasteiger partial charge in [-0.05, 0) is 40.0 Å². The average Bonchev–Trinajstić information content (AvgIpc) is 3.15. The molecule has 0 aromatic rings. The fourth-order valence-corrected chi connectivity index (χ4v) is 3.30. The second-order valence-corrected chi connectivity index (χ2v) is 7.86. The van der Waals surface area contributed by atoms with Crippen molar-refractivity contribution in [1.82, 2.24) is 10.2 Å². The minimum absolute atomic E-state index is 0.260. The normalized spacial score (nSPS) is 19.3. The summed E-state index contributed by atoms with van der Waals surface area (Å²) in [6.07, 6.45) is 1.06. The number of nitrogens with one attached hydrogen (secondary N) is 1. The molecule has 0 aliphatic carbocycles. The average molecular weight is 417 g/mol. The van der Waals surface area contributed by atoms with Crippen LogP contribution in [0.3, 0.4) is 0 Å². The van der Waals surface area contributed by atoms with Crippen LogP contribution in [0.25, 0.3) is 0 Å². The molecule has 3 unspecified atom stereocenters. The maximum absolute atomic E-state index is 12.7. The first-order chi connectivity index (χ1) is 13.6. The Morgan fingerprint density at radius 3 is 2.21 bits per heavy atom. The molecule has 0 aromatic carbocycles. The second-order valence-electron chi connectivity index (χ2n) is 7.86. The number of amides is 2. The van der Waals surface area contributed by atoms with Crippen LogP contribution < -0.4 is 5.32 Å². The summed E-state index contributed by atoms with van der Waals surface area (Å²) in [7, 11) is 2.81. The van der Waals surface area contributed by atoms with Crippen LogP contribution in [0.2, 0.25) is 0 Å². The Balaban J connectivity index is 0.00000379. The lowest BCUT2D eigenvalue weighted by atomic mass is 9.94. The molecule has 8 nitrogen and oxygen atoms in total. The van der Waals surface area contributed by atoms with Crippen LogP contribution in [0, 0.1) is 5.92 Å². The molecule has 0 radical (unpaired) electrons. The summed E-state index contributed by atoms with van der Waals surface area (Å²) in [6.45, 7) is 13.5. The van der Waals surface area contributed by atoms with Gasteiger partial charge in [0.05, 0.1) is 25.2 Å². The van der Waals surface area contributed by atoms with Gasteiger partial charge in [0.1, 0.15) is 11.6 Å². The number of carbonyl (C=O) groups is 3. The molecule has 2 amide bonds. The molecule has 0 aromatic heterocycles. The molecule has 0 bridgehead atoms. The van der Waals surface area contributed by atoms with Crippen LogP contribution in [0.5, 0.6) is 0 Å². The number of esters is 1. The zero-order chi connectivity index (χ0) is 22.8. The summed E-state index contributed by atoms with van der Waals surface area (Å²) in [6, 6.07) is -0.961. The lowest BCUT2D eigenvalue weighted by Gasteiger charge is -2.35. The fraction of sp³-hybridized carbons (Fsp3) is 0.857. The van der Waals surface area contributed by atoms with Crippen molar-refractivity contribution in [2.45, 2.75) is 91.5 Å². The van der Waals surface area contributed by atoms with Gasteiger partial charge in [-0.25, -0.2) is 9.59 Å². The molecule has 1 N–H and O–H groups in total. The highest BCUT2D eigenvalue weighted by Gasteiger charge is 2.41. The van der Waals surface area contributed by atoms with Crippen molar-refractivity contribution in [2.24, 2.45) is 5.92 Å². The van der Waals surface area contributed by atoms with Crippen molar-refractivity contribution < 1.29 is 28.6 Å². The Morgan fingerprint density at radius 2 is 1.76 bits per heavy atom. The van der Waals surface area contributed by atoms with E-state index in [1.165, 1.54) is 14.2 Å². The topological polar surface area (TPSA) is 94.2 Å². The van der Waals surface area contributed by atoms with Gasteiger partial charge in [-0.2, -0.15) is 0 Å². The van der Waals surface area contributed by atoms with Gasteiger partial charge in [-0.3, -0.25) is 4.79 Å². The lowest BCUT2D eigenvalue weighted by molar-refractivity contribution is -0.146. The van der Waals surface area contributed by atoms with Crippen LogP contribution in [-0.4, -0.2) is 67.4 Å². The summed E-state index contributed by atoms with van der Waals surface area (Å²) < 4.78 is 15.8. The summed E-state index contributed by atoms with van der Waals surface area (Å²) in [4.78, 5) is 38.6. The summed E-state index contributed by atoms with van der Waals surface area (Å²) in [5, 5.41) is 2.71. The van der Waals surface area contributed by atoms with Crippen molar-refractivity contribution in [1.29, 1.82) is 0 Å². The van der Waals surface area contributed by atoms with E-state index in [9.17, 15) is 14.4 Å². The maximum Gasteiger partial charge on any atom is 0.410 e. The zero-order valence-electron chi connectivity index (χ0n) is 19.5.